The number of ether oxygens (including phenoxy) is 1. The lowest BCUT2D eigenvalue weighted by atomic mass is 10.0. The van der Waals surface area contributed by atoms with Crippen LogP contribution in [-0.2, 0) is 0 Å². The van der Waals surface area contributed by atoms with E-state index >= 15 is 0 Å². The van der Waals surface area contributed by atoms with Crippen LogP contribution in [0.2, 0.25) is 0 Å². The predicted octanol–water partition coefficient (Wildman–Crippen LogP) is 4.38. The van der Waals surface area contributed by atoms with Crippen molar-refractivity contribution in [3.8, 4) is 22.9 Å². The SMILES string of the molecule is COc1ccc(C(=O)N2CCSc3c(-c4ccc(C#N)cc4)cncc32)cc1. The third-order valence-corrected chi connectivity index (χ3v) is 5.74. The van der Waals surface area contributed by atoms with Gasteiger partial charge in [0.15, 0.2) is 0 Å². The number of thioether (sulfide) groups is 1. The van der Waals surface area contributed by atoms with Crippen molar-refractivity contribution in [3.05, 3.63) is 72.1 Å². The zero-order valence-electron chi connectivity index (χ0n) is 15.3. The molecule has 1 amide bonds. The third-order valence-electron chi connectivity index (χ3n) is 4.64. The highest BCUT2D eigenvalue weighted by Gasteiger charge is 2.26. The Morgan fingerprint density at radius 2 is 1.89 bits per heavy atom. The normalized spacial score (nSPS) is 12.8. The molecule has 0 N–H and O–H groups in total. The van der Waals surface area contributed by atoms with Crippen molar-refractivity contribution in [2.45, 2.75) is 4.90 Å². The zero-order valence-corrected chi connectivity index (χ0v) is 16.1. The summed E-state index contributed by atoms with van der Waals surface area (Å²) in [5.74, 6) is 1.47. The molecule has 2 aromatic carbocycles. The second-order valence-corrected chi connectivity index (χ2v) is 7.36. The molecule has 0 saturated carbocycles. The van der Waals surface area contributed by atoms with Gasteiger partial charge >= 0.3 is 0 Å². The number of fused-ring (bicyclic) bond motifs is 1. The summed E-state index contributed by atoms with van der Waals surface area (Å²) >= 11 is 1.72. The fraction of sp³-hybridized carbons (Fsp3) is 0.136. The predicted molar refractivity (Wildman–Crippen MR) is 110 cm³/mol. The van der Waals surface area contributed by atoms with E-state index < -0.39 is 0 Å². The molecule has 0 aliphatic carbocycles. The van der Waals surface area contributed by atoms with Crippen LogP contribution in [0.3, 0.4) is 0 Å². The summed E-state index contributed by atoms with van der Waals surface area (Å²) in [7, 11) is 1.60. The number of nitrogens with zero attached hydrogens (tertiary/aromatic N) is 3. The summed E-state index contributed by atoms with van der Waals surface area (Å²) in [6.45, 7) is 0.626. The van der Waals surface area contributed by atoms with Gasteiger partial charge in [0.05, 0.1) is 30.6 Å². The van der Waals surface area contributed by atoms with Crippen LogP contribution < -0.4 is 9.64 Å². The van der Waals surface area contributed by atoms with Crippen molar-refractivity contribution in [2.75, 3.05) is 24.3 Å². The molecule has 28 heavy (non-hydrogen) atoms. The van der Waals surface area contributed by atoms with Gasteiger partial charge in [0, 0.05) is 34.5 Å². The highest BCUT2D eigenvalue weighted by molar-refractivity contribution is 7.99. The number of rotatable bonds is 3. The smallest absolute Gasteiger partial charge is 0.258 e. The molecule has 0 radical (unpaired) electrons. The van der Waals surface area contributed by atoms with Gasteiger partial charge in [-0.05, 0) is 42.0 Å². The van der Waals surface area contributed by atoms with Crippen LogP contribution >= 0.6 is 11.8 Å². The van der Waals surface area contributed by atoms with Crippen molar-refractivity contribution in [1.29, 1.82) is 5.26 Å². The molecule has 0 unspecified atom stereocenters. The highest BCUT2D eigenvalue weighted by Crippen LogP contribution is 2.41. The Morgan fingerprint density at radius 3 is 2.57 bits per heavy atom. The van der Waals surface area contributed by atoms with Gasteiger partial charge < -0.3 is 9.64 Å². The van der Waals surface area contributed by atoms with Crippen LogP contribution in [0.1, 0.15) is 15.9 Å². The van der Waals surface area contributed by atoms with Crippen LogP contribution in [0.25, 0.3) is 11.1 Å². The second-order valence-electron chi connectivity index (χ2n) is 6.26. The van der Waals surface area contributed by atoms with Gasteiger partial charge in [-0.2, -0.15) is 5.26 Å². The van der Waals surface area contributed by atoms with E-state index in [-0.39, 0.29) is 5.91 Å². The van der Waals surface area contributed by atoms with E-state index in [1.165, 1.54) is 0 Å². The molecule has 2 heterocycles. The number of amides is 1. The molecular formula is C22H17N3O2S. The van der Waals surface area contributed by atoms with Crippen molar-refractivity contribution in [3.63, 3.8) is 0 Å². The van der Waals surface area contributed by atoms with E-state index in [1.54, 1.807) is 66.4 Å². The first-order valence-corrected chi connectivity index (χ1v) is 9.77. The van der Waals surface area contributed by atoms with E-state index in [0.29, 0.717) is 17.7 Å². The van der Waals surface area contributed by atoms with Crippen LogP contribution in [0.15, 0.2) is 65.8 Å². The van der Waals surface area contributed by atoms with Gasteiger partial charge in [-0.15, -0.1) is 11.8 Å². The number of nitriles is 1. The molecule has 1 aliphatic rings. The number of hydrogen-bond acceptors (Lipinski definition) is 5. The number of benzene rings is 2. The Labute approximate surface area is 167 Å². The number of hydrogen-bond donors (Lipinski definition) is 0. The summed E-state index contributed by atoms with van der Waals surface area (Å²) in [5.41, 5.74) is 4.00. The van der Waals surface area contributed by atoms with E-state index in [4.69, 9.17) is 10.00 Å². The summed E-state index contributed by atoms with van der Waals surface area (Å²) in [6.07, 6.45) is 3.56. The lowest BCUT2D eigenvalue weighted by Gasteiger charge is -2.30. The van der Waals surface area contributed by atoms with Crippen molar-refractivity contribution >= 4 is 23.4 Å². The van der Waals surface area contributed by atoms with Gasteiger partial charge in [0.1, 0.15) is 5.75 Å². The van der Waals surface area contributed by atoms with E-state index in [0.717, 1.165) is 33.2 Å². The number of anilines is 1. The molecular weight excluding hydrogens is 370 g/mol. The standard InChI is InChI=1S/C22H17N3O2S/c1-27-18-8-6-17(7-9-18)22(26)25-10-11-28-21-19(13-24-14-20(21)25)16-4-2-15(12-23)3-5-16/h2-9,13-14H,10-11H2,1H3. The first-order valence-electron chi connectivity index (χ1n) is 8.78. The van der Waals surface area contributed by atoms with Gasteiger partial charge in [-0.25, -0.2) is 0 Å². The Morgan fingerprint density at radius 1 is 1.14 bits per heavy atom. The van der Waals surface area contributed by atoms with E-state index in [1.807, 2.05) is 18.3 Å². The lowest BCUT2D eigenvalue weighted by Crippen LogP contribution is -2.35. The molecule has 6 heteroatoms. The summed E-state index contributed by atoms with van der Waals surface area (Å²) in [4.78, 5) is 20.3. The molecule has 0 bridgehead atoms. The largest absolute Gasteiger partial charge is 0.497 e. The minimum Gasteiger partial charge on any atom is -0.497 e. The molecule has 138 valence electrons. The number of methoxy groups -OCH3 is 1. The second kappa shape index (κ2) is 7.75. The van der Waals surface area contributed by atoms with E-state index in [2.05, 4.69) is 11.1 Å². The molecule has 0 fully saturated rings. The summed E-state index contributed by atoms with van der Waals surface area (Å²) in [6, 6.07) is 16.7. The quantitative estimate of drug-likeness (QED) is 0.667. The number of aromatic nitrogens is 1. The number of carbonyl (C=O) groups excluding carboxylic acids is 1. The molecule has 3 aromatic rings. The molecule has 0 atom stereocenters. The Balaban J connectivity index is 1.71. The first-order chi connectivity index (χ1) is 13.7. The maximum absolute atomic E-state index is 13.1. The summed E-state index contributed by atoms with van der Waals surface area (Å²) < 4.78 is 5.17. The molecule has 1 aliphatic heterocycles. The average molecular weight is 387 g/mol. The first kappa shape index (κ1) is 18.1. The molecule has 5 nitrogen and oxygen atoms in total. The lowest BCUT2D eigenvalue weighted by molar-refractivity contribution is 0.0987. The third kappa shape index (κ3) is 3.32. The number of carbonyl (C=O) groups is 1. The van der Waals surface area contributed by atoms with Crippen molar-refractivity contribution < 1.29 is 9.53 Å². The topological polar surface area (TPSA) is 66.2 Å². The summed E-state index contributed by atoms with van der Waals surface area (Å²) in [5, 5.41) is 9.01. The maximum atomic E-state index is 13.1. The van der Waals surface area contributed by atoms with E-state index in [9.17, 15) is 4.79 Å². The number of pyridine rings is 1. The van der Waals surface area contributed by atoms with Gasteiger partial charge in [-0.1, -0.05) is 12.1 Å². The van der Waals surface area contributed by atoms with Crippen molar-refractivity contribution in [1.82, 2.24) is 4.98 Å². The average Bonchev–Trinajstić information content (AvgIpc) is 2.78. The maximum Gasteiger partial charge on any atom is 0.258 e. The van der Waals surface area contributed by atoms with Crippen LogP contribution in [0, 0.1) is 11.3 Å². The Kier molecular flexibility index (Phi) is 5.00. The van der Waals surface area contributed by atoms with Gasteiger partial charge in [0.2, 0.25) is 0 Å². The minimum absolute atomic E-state index is 0.0528. The monoisotopic (exact) mass is 387 g/mol. The molecule has 0 saturated heterocycles. The van der Waals surface area contributed by atoms with Crippen LogP contribution in [0.5, 0.6) is 5.75 Å². The van der Waals surface area contributed by atoms with Gasteiger partial charge in [0.25, 0.3) is 5.91 Å². The molecule has 1 aromatic heterocycles. The van der Waals surface area contributed by atoms with Crippen LogP contribution in [0.4, 0.5) is 5.69 Å². The Hall–Kier alpha value is -3.30. The fourth-order valence-electron chi connectivity index (χ4n) is 3.17. The highest BCUT2D eigenvalue weighted by atomic mass is 32.2. The fourth-order valence-corrected chi connectivity index (χ4v) is 4.29. The zero-order chi connectivity index (χ0) is 19.5. The molecule has 4 rings (SSSR count). The van der Waals surface area contributed by atoms with Crippen LogP contribution in [-0.4, -0.2) is 30.3 Å². The Bertz CT molecular complexity index is 1060. The van der Waals surface area contributed by atoms with Crippen molar-refractivity contribution in [2.24, 2.45) is 0 Å². The minimum atomic E-state index is -0.0528. The van der Waals surface area contributed by atoms with Gasteiger partial charge in [-0.3, -0.25) is 9.78 Å². The molecule has 0 spiro atoms.